The first kappa shape index (κ1) is 40.8. The second kappa shape index (κ2) is 19.3. The number of aromatic nitrogens is 2. The maximum Gasteiger partial charge on any atom is 0.251 e. The molecule has 3 amide bonds. The van der Waals surface area contributed by atoms with Crippen LogP contribution >= 0.6 is 0 Å². The fourth-order valence-corrected chi connectivity index (χ4v) is 7.41. The summed E-state index contributed by atoms with van der Waals surface area (Å²) in [6.45, 7) is 14.4. The third-order valence-corrected chi connectivity index (χ3v) is 10.6. The van der Waals surface area contributed by atoms with E-state index in [1.54, 1.807) is 12.4 Å². The SMILES string of the molecule is CC1(C)CC(=O)N(CCCCN2CCN(c3ncccn3)CC2)C(=O)C1.O=C(NCCN1CCN(c2cccc3c2OC[C@H](CO)O3)CC1)c1ccc(F)cc1. The molecule has 1 aromatic heterocycles. The van der Waals surface area contributed by atoms with Crippen LogP contribution in [0.3, 0.4) is 0 Å². The number of ether oxygens (including phenoxy) is 2. The van der Waals surface area contributed by atoms with Crippen LogP contribution in [0.5, 0.6) is 11.5 Å². The number of amides is 3. The molecule has 3 aromatic rings. The third-order valence-electron chi connectivity index (χ3n) is 10.6. The van der Waals surface area contributed by atoms with Crippen molar-refractivity contribution in [3.05, 3.63) is 72.3 Å². The first-order chi connectivity index (χ1) is 27.1. The summed E-state index contributed by atoms with van der Waals surface area (Å²) in [7, 11) is 0. The van der Waals surface area contributed by atoms with Gasteiger partial charge in [-0.15, -0.1) is 0 Å². The van der Waals surface area contributed by atoms with E-state index in [0.29, 0.717) is 43.9 Å². The summed E-state index contributed by atoms with van der Waals surface area (Å²) in [4.78, 5) is 55.7. The van der Waals surface area contributed by atoms with Crippen LogP contribution in [0.25, 0.3) is 0 Å². The number of anilines is 2. The number of piperazine rings is 2. The van der Waals surface area contributed by atoms with Crippen molar-refractivity contribution < 1.29 is 33.4 Å². The molecule has 302 valence electrons. The molecule has 0 bridgehead atoms. The smallest absolute Gasteiger partial charge is 0.251 e. The number of aliphatic hydroxyl groups is 1. The molecule has 7 rings (SSSR count). The number of benzene rings is 2. The second-order valence-electron chi connectivity index (χ2n) is 15.5. The molecular weight excluding hydrogens is 719 g/mol. The molecule has 0 saturated carbocycles. The molecule has 0 radical (unpaired) electrons. The van der Waals surface area contributed by atoms with Gasteiger partial charge in [0.25, 0.3) is 5.91 Å². The largest absolute Gasteiger partial charge is 0.484 e. The number of fused-ring (bicyclic) bond motifs is 1. The number of carbonyl (C=O) groups excluding carboxylic acids is 3. The number of rotatable bonds is 12. The van der Waals surface area contributed by atoms with Gasteiger partial charge in [-0.1, -0.05) is 19.9 Å². The number of imide groups is 1. The van der Waals surface area contributed by atoms with Gasteiger partial charge in [0.1, 0.15) is 12.4 Å². The van der Waals surface area contributed by atoms with E-state index in [1.807, 2.05) is 38.1 Å². The second-order valence-corrected chi connectivity index (χ2v) is 15.5. The molecule has 1 atom stereocenters. The number of hydrogen-bond acceptors (Lipinski definition) is 12. The number of halogens is 1. The highest BCUT2D eigenvalue weighted by Crippen LogP contribution is 2.41. The number of aliphatic hydroxyl groups excluding tert-OH is 1. The Bertz CT molecular complexity index is 1730. The molecule has 2 N–H and O–H groups in total. The van der Waals surface area contributed by atoms with E-state index in [4.69, 9.17) is 9.47 Å². The fraction of sp³-hybridized carbons (Fsp3) is 0.537. The summed E-state index contributed by atoms with van der Waals surface area (Å²) in [5.74, 6) is 1.64. The van der Waals surface area contributed by atoms with Gasteiger partial charge in [-0.3, -0.25) is 29.1 Å². The molecule has 56 heavy (non-hydrogen) atoms. The van der Waals surface area contributed by atoms with Crippen molar-refractivity contribution in [1.82, 2.24) is 30.0 Å². The summed E-state index contributed by atoms with van der Waals surface area (Å²) >= 11 is 0. The predicted molar refractivity (Wildman–Crippen MR) is 210 cm³/mol. The molecule has 4 aliphatic rings. The Morgan fingerprint density at radius 3 is 2.12 bits per heavy atom. The average molecular weight is 775 g/mol. The van der Waals surface area contributed by atoms with Crippen LogP contribution in [-0.2, 0) is 9.59 Å². The van der Waals surface area contributed by atoms with E-state index in [0.717, 1.165) is 95.7 Å². The summed E-state index contributed by atoms with van der Waals surface area (Å²) in [6, 6.07) is 13.2. The van der Waals surface area contributed by atoms with Crippen LogP contribution in [0.4, 0.5) is 16.0 Å². The maximum atomic E-state index is 13.0. The van der Waals surface area contributed by atoms with Gasteiger partial charge >= 0.3 is 0 Å². The number of likely N-dealkylation sites (tertiary alicyclic amines) is 1. The highest BCUT2D eigenvalue weighted by molar-refractivity contribution is 5.98. The number of nitrogens with zero attached hydrogens (tertiary/aromatic N) is 7. The molecule has 3 fully saturated rings. The Labute approximate surface area is 328 Å². The van der Waals surface area contributed by atoms with E-state index in [1.165, 1.54) is 29.2 Å². The van der Waals surface area contributed by atoms with Gasteiger partial charge < -0.3 is 29.7 Å². The number of piperidine rings is 1. The summed E-state index contributed by atoms with van der Waals surface area (Å²) in [6.07, 6.45) is 6.06. The van der Waals surface area contributed by atoms with Gasteiger partial charge in [-0.25, -0.2) is 14.4 Å². The molecule has 15 heteroatoms. The van der Waals surface area contributed by atoms with Gasteiger partial charge in [0.05, 0.1) is 12.3 Å². The monoisotopic (exact) mass is 774 g/mol. The van der Waals surface area contributed by atoms with Crippen molar-refractivity contribution >= 4 is 29.4 Å². The highest BCUT2D eigenvalue weighted by Gasteiger charge is 2.37. The Kier molecular flexibility index (Phi) is 14.1. The van der Waals surface area contributed by atoms with Crippen molar-refractivity contribution in [2.75, 3.05) is 102 Å². The topological polar surface area (TPSA) is 144 Å². The van der Waals surface area contributed by atoms with Gasteiger partial charge in [0, 0.05) is 103 Å². The zero-order chi connectivity index (χ0) is 39.5. The quantitative estimate of drug-likeness (QED) is 0.206. The maximum absolute atomic E-state index is 13.0. The Morgan fingerprint density at radius 1 is 0.839 bits per heavy atom. The van der Waals surface area contributed by atoms with E-state index in [9.17, 15) is 23.9 Å². The Morgan fingerprint density at radius 2 is 1.46 bits per heavy atom. The standard InChI is InChI=1S/C22H26FN3O4.C19H29N5O2/c23-17-6-4-16(5-7-17)22(28)24-8-9-25-10-12-26(13-11-25)19-2-1-3-20-21(19)29-15-18(14-27)30-20;1-19(2)14-16(25)24(17(26)15-19)9-4-3-8-22-10-12-23(13-11-22)18-20-6-5-7-21-18/h1-7,18,27H,8-15H2,(H,24,28);5-7H,3-4,8-15H2,1-2H3/t18-;/m0./s1. The van der Waals surface area contributed by atoms with Crippen LogP contribution < -0.4 is 24.6 Å². The molecule has 0 unspecified atom stereocenters. The van der Waals surface area contributed by atoms with Crippen LogP contribution in [0.2, 0.25) is 0 Å². The molecular formula is C41H55FN8O6. The zero-order valence-corrected chi connectivity index (χ0v) is 32.6. The fourth-order valence-electron chi connectivity index (χ4n) is 7.41. The molecule has 3 saturated heterocycles. The van der Waals surface area contributed by atoms with Gasteiger partial charge in [0.2, 0.25) is 17.8 Å². The summed E-state index contributed by atoms with van der Waals surface area (Å²) in [5, 5.41) is 12.2. The lowest BCUT2D eigenvalue weighted by Gasteiger charge is -2.38. The normalized spacial score (nSPS) is 20.0. The van der Waals surface area contributed by atoms with Crippen molar-refractivity contribution in [1.29, 1.82) is 0 Å². The van der Waals surface area contributed by atoms with Gasteiger partial charge in [0.15, 0.2) is 17.6 Å². The predicted octanol–water partition coefficient (Wildman–Crippen LogP) is 3.06. The number of para-hydroxylation sites is 1. The summed E-state index contributed by atoms with van der Waals surface area (Å²) < 4.78 is 24.6. The highest BCUT2D eigenvalue weighted by atomic mass is 19.1. The molecule has 14 nitrogen and oxygen atoms in total. The van der Waals surface area contributed by atoms with Crippen molar-refractivity contribution in [3.8, 4) is 11.5 Å². The molecule has 0 spiro atoms. The molecule has 5 heterocycles. The van der Waals surface area contributed by atoms with Crippen molar-refractivity contribution in [3.63, 3.8) is 0 Å². The van der Waals surface area contributed by atoms with Crippen molar-refractivity contribution in [2.45, 2.75) is 45.6 Å². The number of carbonyl (C=O) groups is 3. The van der Waals surface area contributed by atoms with Crippen molar-refractivity contribution in [2.24, 2.45) is 5.41 Å². The first-order valence-corrected chi connectivity index (χ1v) is 19.7. The minimum atomic E-state index is -0.353. The van der Waals surface area contributed by atoms with E-state index in [-0.39, 0.29) is 41.7 Å². The number of unbranched alkanes of at least 4 members (excludes halogenated alkanes) is 1. The Balaban J connectivity index is 0.000000192. The molecule has 4 aliphatic heterocycles. The minimum Gasteiger partial charge on any atom is -0.484 e. The lowest BCUT2D eigenvalue weighted by atomic mass is 9.82. The lowest BCUT2D eigenvalue weighted by Crippen LogP contribution is -2.48. The molecule has 2 aromatic carbocycles. The van der Waals surface area contributed by atoms with Crippen LogP contribution in [0, 0.1) is 11.2 Å². The van der Waals surface area contributed by atoms with E-state index < -0.39 is 0 Å². The average Bonchev–Trinajstić information content (AvgIpc) is 3.20. The van der Waals surface area contributed by atoms with Crippen LogP contribution in [0.1, 0.15) is 49.9 Å². The zero-order valence-electron chi connectivity index (χ0n) is 32.6. The summed E-state index contributed by atoms with van der Waals surface area (Å²) in [5.41, 5.74) is 1.28. The third kappa shape index (κ3) is 11.1. The van der Waals surface area contributed by atoms with Crippen LogP contribution in [0.15, 0.2) is 60.9 Å². The van der Waals surface area contributed by atoms with Gasteiger partial charge in [-0.2, -0.15) is 0 Å². The van der Waals surface area contributed by atoms with E-state index >= 15 is 0 Å². The Hall–Kier alpha value is -4.86. The van der Waals surface area contributed by atoms with E-state index in [2.05, 4.69) is 34.9 Å². The number of hydrogen-bond donors (Lipinski definition) is 2. The first-order valence-electron chi connectivity index (χ1n) is 19.7. The lowest BCUT2D eigenvalue weighted by molar-refractivity contribution is -0.152. The van der Waals surface area contributed by atoms with Crippen LogP contribution in [-0.4, -0.2) is 145 Å². The molecule has 0 aliphatic carbocycles. The minimum absolute atomic E-state index is 0.0114. The number of nitrogens with one attached hydrogen (secondary N) is 1. The van der Waals surface area contributed by atoms with Gasteiger partial charge in [-0.05, 0) is 67.3 Å².